The summed E-state index contributed by atoms with van der Waals surface area (Å²) in [6, 6.07) is 5.72. The first kappa shape index (κ1) is 34.1. The van der Waals surface area contributed by atoms with Gasteiger partial charge in [0.05, 0.1) is 13.2 Å². The maximum Gasteiger partial charge on any atom is 0.101 e. The molecule has 0 saturated carbocycles. The van der Waals surface area contributed by atoms with Gasteiger partial charge >= 0.3 is 0 Å². The molecule has 4 N–H and O–H groups in total. The fraction of sp³-hybridized carbons (Fsp3) is 0.500. The van der Waals surface area contributed by atoms with Crippen LogP contribution < -0.4 is 0 Å². The number of morpholine rings is 1. The fourth-order valence-electron chi connectivity index (χ4n) is 1.65. The van der Waals surface area contributed by atoms with Gasteiger partial charge in [0, 0.05) is 42.3 Å². The van der Waals surface area contributed by atoms with Crippen LogP contribution in [0.1, 0.15) is 34.1 Å². The average Bonchev–Trinajstić information content (AvgIpc) is 2.85. The Morgan fingerprint density at radius 1 is 0.812 bits per heavy atom. The Hall–Kier alpha value is -2.54. The van der Waals surface area contributed by atoms with Crippen molar-refractivity contribution < 1.29 is 42.3 Å². The van der Waals surface area contributed by atoms with Crippen molar-refractivity contribution in [3.05, 3.63) is 37.5 Å². The second kappa shape index (κ2) is 24.7. The van der Waals surface area contributed by atoms with Crippen LogP contribution in [0.5, 0.6) is 0 Å². The van der Waals surface area contributed by atoms with E-state index in [1.54, 1.807) is 12.4 Å². The first-order valence-electron chi connectivity index (χ1n) is 9.57. The van der Waals surface area contributed by atoms with Gasteiger partial charge in [-0.2, -0.15) is 6.42 Å². The standard InChI is InChI=1S/C7H14NO.C5H5N.2C4H8N2O2.Co/c1-2-3-8-4-6-9-7-5-8;1-2-4-6-5-3-1;2*1-3(5-7)4(2)6-8;/h1-7H2;1-5H;2*7-8H,1-2H3;/q-1;;;;/b;;2*5-3+,6-4+;. The molecule has 0 unspecified atom stereocenters. The molecule has 2 rings (SSSR count). The van der Waals surface area contributed by atoms with E-state index in [0.717, 1.165) is 39.3 Å². The molecule has 11 nitrogen and oxygen atoms in total. The van der Waals surface area contributed by atoms with Crippen LogP contribution in [-0.4, -0.2) is 86.4 Å². The number of ether oxygens (including phenoxy) is 1. The fourth-order valence-corrected chi connectivity index (χ4v) is 1.65. The van der Waals surface area contributed by atoms with Gasteiger partial charge in [0.1, 0.15) is 22.8 Å². The molecule has 1 aromatic rings. The monoisotopic (exact) mass is 498 g/mol. The van der Waals surface area contributed by atoms with E-state index in [1.165, 1.54) is 27.7 Å². The third-order valence-electron chi connectivity index (χ3n) is 3.79. The normalized spacial score (nSPS) is 14.9. The minimum Gasteiger partial charge on any atom is -0.411 e. The van der Waals surface area contributed by atoms with E-state index in [2.05, 4.69) is 37.4 Å². The third-order valence-corrected chi connectivity index (χ3v) is 3.79. The zero-order valence-electron chi connectivity index (χ0n) is 19.1. The second-order valence-electron chi connectivity index (χ2n) is 6.07. The molecular formula is C20H35CoN6O5-. The largest absolute Gasteiger partial charge is 0.411 e. The summed E-state index contributed by atoms with van der Waals surface area (Å²) in [4.78, 5) is 6.17. The van der Waals surface area contributed by atoms with Gasteiger partial charge in [-0.15, -0.1) is 0 Å². The van der Waals surface area contributed by atoms with Crippen LogP contribution in [0.3, 0.4) is 0 Å². The van der Waals surface area contributed by atoms with E-state index in [1.807, 2.05) is 18.2 Å². The van der Waals surface area contributed by atoms with Gasteiger partial charge in [-0.05, 0) is 46.4 Å². The number of nitrogens with zero attached hydrogens (tertiary/aromatic N) is 6. The van der Waals surface area contributed by atoms with E-state index in [-0.39, 0.29) is 16.8 Å². The Morgan fingerprint density at radius 3 is 1.41 bits per heavy atom. The summed E-state index contributed by atoms with van der Waals surface area (Å²) in [5.41, 5.74) is 1.25. The predicted molar refractivity (Wildman–Crippen MR) is 121 cm³/mol. The summed E-state index contributed by atoms with van der Waals surface area (Å²) in [5, 5.41) is 43.3. The molecule has 0 atom stereocenters. The van der Waals surface area contributed by atoms with Gasteiger partial charge in [-0.3, -0.25) is 4.98 Å². The summed E-state index contributed by atoms with van der Waals surface area (Å²) in [5.74, 6) is 0. The summed E-state index contributed by atoms with van der Waals surface area (Å²) in [7, 11) is 0. The van der Waals surface area contributed by atoms with E-state index in [9.17, 15) is 0 Å². The molecular weight excluding hydrogens is 463 g/mol. The number of pyridine rings is 1. The van der Waals surface area contributed by atoms with Crippen molar-refractivity contribution >= 4 is 22.8 Å². The minimum atomic E-state index is 0. The Labute approximate surface area is 200 Å². The molecule has 0 bridgehead atoms. The first-order valence-corrected chi connectivity index (χ1v) is 9.57. The quantitative estimate of drug-likeness (QED) is 0.215. The van der Waals surface area contributed by atoms with E-state index >= 15 is 0 Å². The number of hydrogen-bond donors (Lipinski definition) is 4. The van der Waals surface area contributed by atoms with Gasteiger partial charge in [-0.25, -0.2) is 0 Å². The SMILES string of the molecule is CC(=N\O)/C(C)=N/O.CC(=N\O)/C(C)=N/O.[CH2-]CCN1CCOCC1.[Co].c1ccncc1. The molecule has 1 aliphatic rings. The number of hydrogen-bond acceptors (Lipinski definition) is 11. The molecule has 0 aromatic carbocycles. The summed E-state index contributed by atoms with van der Waals surface area (Å²) in [6.07, 6.45) is 4.51. The van der Waals surface area contributed by atoms with Crippen LogP contribution in [-0.2, 0) is 21.5 Å². The Bertz CT molecular complexity index is 572. The molecule has 1 fully saturated rings. The van der Waals surface area contributed by atoms with Gasteiger partial charge in [-0.1, -0.05) is 26.7 Å². The van der Waals surface area contributed by atoms with Crippen molar-refractivity contribution in [3.8, 4) is 0 Å². The van der Waals surface area contributed by atoms with Crippen molar-refractivity contribution in [1.82, 2.24) is 9.88 Å². The maximum absolute atomic E-state index is 8.03. The molecule has 0 aliphatic carbocycles. The van der Waals surface area contributed by atoms with Crippen LogP contribution in [0.4, 0.5) is 0 Å². The second-order valence-corrected chi connectivity index (χ2v) is 6.07. The zero-order valence-corrected chi connectivity index (χ0v) is 20.1. The van der Waals surface area contributed by atoms with Crippen molar-refractivity contribution in [2.75, 3.05) is 32.8 Å². The number of oxime groups is 4. The van der Waals surface area contributed by atoms with Crippen LogP contribution >= 0.6 is 0 Å². The van der Waals surface area contributed by atoms with Gasteiger partial charge in [0.2, 0.25) is 0 Å². The Balaban J connectivity index is -0.000000350. The molecule has 12 heteroatoms. The molecule has 0 amide bonds. The zero-order chi connectivity index (χ0) is 23.9. The summed E-state index contributed by atoms with van der Waals surface area (Å²) in [6.45, 7) is 15.1. The van der Waals surface area contributed by atoms with E-state index < -0.39 is 0 Å². The molecule has 185 valence electrons. The maximum atomic E-state index is 8.03. The van der Waals surface area contributed by atoms with Crippen LogP contribution in [0.2, 0.25) is 0 Å². The van der Waals surface area contributed by atoms with Crippen molar-refractivity contribution in [2.24, 2.45) is 20.6 Å². The first-order chi connectivity index (χ1) is 14.9. The number of rotatable bonds is 4. The Kier molecular flexibility index (Phi) is 26.3. The van der Waals surface area contributed by atoms with Crippen molar-refractivity contribution in [2.45, 2.75) is 34.1 Å². The molecule has 1 aliphatic heterocycles. The molecule has 1 aromatic heterocycles. The molecule has 1 saturated heterocycles. The molecule has 2 heterocycles. The van der Waals surface area contributed by atoms with E-state index in [0.29, 0.717) is 22.8 Å². The van der Waals surface area contributed by atoms with Gasteiger partial charge in [0.15, 0.2) is 0 Å². The molecule has 32 heavy (non-hydrogen) atoms. The van der Waals surface area contributed by atoms with E-state index in [4.69, 9.17) is 25.6 Å². The number of aromatic nitrogens is 1. The van der Waals surface area contributed by atoms with Crippen LogP contribution in [0, 0.1) is 6.92 Å². The average molecular weight is 498 g/mol. The topological polar surface area (TPSA) is 156 Å². The van der Waals surface area contributed by atoms with Gasteiger partial charge in [0.25, 0.3) is 0 Å². The predicted octanol–water partition coefficient (Wildman–Crippen LogP) is 3.00. The van der Waals surface area contributed by atoms with Gasteiger partial charge < -0.3 is 37.4 Å². The third kappa shape index (κ3) is 20.7. The van der Waals surface area contributed by atoms with Crippen molar-refractivity contribution in [1.29, 1.82) is 0 Å². The smallest absolute Gasteiger partial charge is 0.101 e. The van der Waals surface area contributed by atoms with Crippen LogP contribution in [0.25, 0.3) is 0 Å². The van der Waals surface area contributed by atoms with Crippen molar-refractivity contribution in [3.63, 3.8) is 0 Å². The molecule has 0 spiro atoms. The Morgan fingerprint density at radius 2 is 1.19 bits per heavy atom. The summed E-state index contributed by atoms with van der Waals surface area (Å²) >= 11 is 0. The van der Waals surface area contributed by atoms with Crippen LogP contribution in [0.15, 0.2) is 51.2 Å². The molecule has 1 radical (unpaired) electrons. The summed E-state index contributed by atoms with van der Waals surface area (Å²) < 4.78 is 5.18. The minimum absolute atomic E-state index is 0.